The second-order valence-electron chi connectivity index (χ2n) is 5.13. The zero-order valence-corrected chi connectivity index (χ0v) is 13.6. The number of hydrogen-bond acceptors (Lipinski definition) is 4. The maximum absolute atomic E-state index is 12.6. The van der Waals surface area contributed by atoms with Crippen LogP contribution in [0.25, 0.3) is 5.69 Å². The topological polar surface area (TPSA) is 61.2 Å². The maximum atomic E-state index is 12.6. The molecule has 118 valence electrons. The van der Waals surface area contributed by atoms with Gasteiger partial charge in [-0.25, -0.2) is 13.4 Å². The third-order valence-corrected chi connectivity index (χ3v) is 5.19. The van der Waals surface area contributed by atoms with Gasteiger partial charge in [-0.15, -0.1) is 0 Å². The molecule has 1 aromatic heterocycles. The van der Waals surface area contributed by atoms with Gasteiger partial charge in [0.1, 0.15) is 12.1 Å². The van der Waals surface area contributed by atoms with Crippen molar-refractivity contribution >= 4 is 9.84 Å². The SMILES string of the molecule is COc1ccc(-n2cnc(S(=O)(=O)c3ccc(C)cc3)c2)cc1. The molecule has 1 heterocycles. The molecular formula is C17H16N2O3S. The minimum atomic E-state index is -3.61. The molecule has 5 nitrogen and oxygen atoms in total. The average Bonchev–Trinajstić information content (AvgIpc) is 3.06. The van der Waals surface area contributed by atoms with Crippen molar-refractivity contribution in [2.45, 2.75) is 16.8 Å². The summed E-state index contributed by atoms with van der Waals surface area (Å²) in [6.07, 6.45) is 3.00. The summed E-state index contributed by atoms with van der Waals surface area (Å²) in [6, 6.07) is 14.0. The lowest BCUT2D eigenvalue weighted by Gasteiger charge is -2.04. The van der Waals surface area contributed by atoms with E-state index < -0.39 is 9.84 Å². The van der Waals surface area contributed by atoms with Gasteiger partial charge in [0.2, 0.25) is 9.84 Å². The molecule has 0 amide bonds. The van der Waals surface area contributed by atoms with Crippen molar-refractivity contribution in [1.29, 1.82) is 0 Å². The summed E-state index contributed by atoms with van der Waals surface area (Å²) < 4.78 is 32.0. The van der Waals surface area contributed by atoms with Gasteiger partial charge in [0, 0.05) is 11.9 Å². The molecule has 0 N–H and O–H groups in total. The third-order valence-electron chi connectivity index (χ3n) is 3.54. The van der Waals surface area contributed by atoms with Gasteiger partial charge in [-0.3, -0.25) is 0 Å². The van der Waals surface area contributed by atoms with E-state index in [1.807, 2.05) is 31.2 Å². The first-order chi connectivity index (χ1) is 11.0. The van der Waals surface area contributed by atoms with Crippen molar-refractivity contribution in [2.24, 2.45) is 0 Å². The highest BCUT2D eigenvalue weighted by molar-refractivity contribution is 7.91. The highest BCUT2D eigenvalue weighted by Gasteiger charge is 2.20. The molecule has 0 atom stereocenters. The molecule has 2 aromatic carbocycles. The van der Waals surface area contributed by atoms with Crippen LogP contribution in [0.4, 0.5) is 0 Å². The van der Waals surface area contributed by atoms with Gasteiger partial charge in [-0.1, -0.05) is 17.7 Å². The predicted octanol–water partition coefficient (Wildman–Crippen LogP) is 3.02. The third kappa shape index (κ3) is 2.98. The van der Waals surface area contributed by atoms with Crippen LogP contribution in [0.3, 0.4) is 0 Å². The first-order valence-corrected chi connectivity index (χ1v) is 8.49. The van der Waals surface area contributed by atoms with Crippen LogP contribution >= 0.6 is 0 Å². The number of imidazole rings is 1. The van der Waals surface area contributed by atoms with E-state index in [9.17, 15) is 8.42 Å². The Kier molecular flexibility index (Phi) is 3.92. The van der Waals surface area contributed by atoms with Crippen molar-refractivity contribution in [3.05, 3.63) is 66.6 Å². The Labute approximate surface area is 135 Å². The fourth-order valence-corrected chi connectivity index (χ4v) is 3.35. The molecular weight excluding hydrogens is 312 g/mol. The van der Waals surface area contributed by atoms with E-state index in [1.54, 1.807) is 35.9 Å². The number of benzene rings is 2. The summed E-state index contributed by atoms with van der Waals surface area (Å²) in [5, 5.41) is 0.0252. The van der Waals surface area contributed by atoms with Crippen LogP contribution in [0.5, 0.6) is 5.75 Å². The van der Waals surface area contributed by atoms with Crippen molar-refractivity contribution in [3.63, 3.8) is 0 Å². The predicted molar refractivity (Wildman–Crippen MR) is 86.7 cm³/mol. The van der Waals surface area contributed by atoms with Crippen LogP contribution in [0.2, 0.25) is 0 Å². The zero-order chi connectivity index (χ0) is 16.4. The molecule has 3 rings (SSSR count). The maximum Gasteiger partial charge on any atom is 0.225 e. The van der Waals surface area contributed by atoms with Crippen LogP contribution in [-0.2, 0) is 9.84 Å². The number of methoxy groups -OCH3 is 1. The zero-order valence-electron chi connectivity index (χ0n) is 12.8. The molecule has 0 spiro atoms. The molecule has 3 aromatic rings. The molecule has 0 bridgehead atoms. The normalized spacial score (nSPS) is 11.4. The Bertz CT molecular complexity index is 911. The minimum absolute atomic E-state index is 0.0252. The van der Waals surface area contributed by atoms with Crippen LogP contribution < -0.4 is 4.74 Å². The molecule has 6 heteroatoms. The van der Waals surface area contributed by atoms with E-state index in [2.05, 4.69) is 4.98 Å². The largest absolute Gasteiger partial charge is 0.497 e. The van der Waals surface area contributed by atoms with Crippen molar-refractivity contribution in [1.82, 2.24) is 9.55 Å². The van der Waals surface area contributed by atoms with Gasteiger partial charge in [0.15, 0.2) is 5.03 Å². The Morgan fingerprint density at radius 3 is 2.26 bits per heavy atom. The van der Waals surface area contributed by atoms with Gasteiger partial charge in [-0.05, 0) is 43.3 Å². The molecule has 0 aliphatic carbocycles. The van der Waals surface area contributed by atoms with Crippen LogP contribution in [-0.4, -0.2) is 25.1 Å². The number of aryl methyl sites for hydroxylation is 1. The van der Waals surface area contributed by atoms with Gasteiger partial charge in [0.05, 0.1) is 12.0 Å². The highest BCUT2D eigenvalue weighted by atomic mass is 32.2. The number of aromatic nitrogens is 2. The Balaban J connectivity index is 1.95. The van der Waals surface area contributed by atoms with E-state index in [4.69, 9.17) is 4.74 Å². The first kappa shape index (κ1) is 15.3. The molecule has 0 saturated heterocycles. The van der Waals surface area contributed by atoms with Crippen LogP contribution in [0.1, 0.15) is 5.56 Å². The molecule has 0 unspecified atom stereocenters. The van der Waals surface area contributed by atoms with E-state index in [0.717, 1.165) is 17.0 Å². The number of rotatable bonds is 4. The van der Waals surface area contributed by atoms with Crippen molar-refractivity contribution in [3.8, 4) is 11.4 Å². The van der Waals surface area contributed by atoms with E-state index in [1.165, 1.54) is 12.5 Å². The van der Waals surface area contributed by atoms with Crippen LogP contribution in [0, 0.1) is 6.92 Å². The number of hydrogen-bond donors (Lipinski definition) is 0. The van der Waals surface area contributed by atoms with Gasteiger partial charge < -0.3 is 9.30 Å². The second-order valence-corrected chi connectivity index (χ2v) is 7.03. The highest BCUT2D eigenvalue weighted by Crippen LogP contribution is 2.21. The van der Waals surface area contributed by atoms with Crippen LogP contribution in [0.15, 0.2) is 71.0 Å². The monoisotopic (exact) mass is 328 g/mol. The minimum Gasteiger partial charge on any atom is -0.497 e. The summed E-state index contributed by atoms with van der Waals surface area (Å²) >= 11 is 0. The Morgan fingerprint density at radius 1 is 1.00 bits per heavy atom. The number of sulfone groups is 1. The van der Waals surface area contributed by atoms with Crippen molar-refractivity contribution in [2.75, 3.05) is 7.11 Å². The summed E-state index contributed by atoms with van der Waals surface area (Å²) in [5.74, 6) is 0.737. The van der Waals surface area contributed by atoms with Crippen molar-refractivity contribution < 1.29 is 13.2 Å². The Hall–Kier alpha value is -2.60. The first-order valence-electron chi connectivity index (χ1n) is 7.01. The quantitative estimate of drug-likeness (QED) is 0.738. The van der Waals surface area contributed by atoms with Gasteiger partial charge in [-0.2, -0.15) is 0 Å². The van der Waals surface area contributed by atoms with Gasteiger partial charge >= 0.3 is 0 Å². The summed E-state index contributed by atoms with van der Waals surface area (Å²) in [6.45, 7) is 1.91. The smallest absolute Gasteiger partial charge is 0.225 e. The number of nitrogens with zero attached hydrogens (tertiary/aromatic N) is 2. The lowest BCUT2D eigenvalue weighted by Crippen LogP contribution is -2.02. The van der Waals surface area contributed by atoms with E-state index >= 15 is 0 Å². The fraction of sp³-hybridized carbons (Fsp3) is 0.118. The molecule has 0 aliphatic heterocycles. The second kappa shape index (κ2) is 5.89. The molecule has 23 heavy (non-hydrogen) atoms. The summed E-state index contributed by atoms with van der Waals surface area (Å²) in [4.78, 5) is 4.29. The lowest BCUT2D eigenvalue weighted by atomic mass is 10.2. The molecule has 0 aliphatic rings. The fourth-order valence-electron chi connectivity index (χ4n) is 2.18. The number of ether oxygens (including phenoxy) is 1. The summed E-state index contributed by atoms with van der Waals surface area (Å²) in [5.41, 5.74) is 1.82. The molecule has 0 saturated carbocycles. The molecule has 0 fully saturated rings. The standard InChI is InChI=1S/C17H16N2O3S/c1-13-3-9-16(10-4-13)23(20,21)17-11-19(12-18-17)14-5-7-15(22-2)8-6-14/h3-12H,1-2H3. The molecule has 0 radical (unpaired) electrons. The Morgan fingerprint density at radius 2 is 1.65 bits per heavy atom. The van der Waals surface area contributed by atoms with E-state index in [-0.39, 0.29) is 9.92 Å². The summed E-state index contributed by atoms with van der Waals surface area (Å²) in [7, 11) is -2.02. The van der Waals surface area contributed by atoms with E-state index in [0.29, 0.717) is 0 Å². The lowest BCUT2D eigenvalue weighted by molar-refractivity contribution is 0.414. The average molecular weight is 328 g/mol. The van der Waals surface area contributed by atoms with Gasteiger partial charge in [0.25, 0.3) is 0 Å².